The lowest BCUT2D eigenvalue weighted by Crippen LogP contribution is -2.31. The van der Waals surface area contributed by atoms with Crippen molar-refractivity contribution in [3.8, 4) is 10.8 Å². The average molecular weight is 470 g/mol. The summed E-state index contributed by atoms with van der Waals surface area (Å²) in [6.07, 6.45) is 0. The Kier molecular flexibility index (Phi) is 6.40. The van der Waals surface area contributed by atoms with Gasteiger partial charge in [-0.05, 0) is 49.2 Å². The summed E-state index contributed by atoms with van der Waals surface area (Å²) in [5.74, 6) is 0.350. The Bertz CT molecular complexity index is 1310. The molecule has 2 aromatic carbocycles. The minimum absolute atomic E-state index is 0.0846. The molecule has 4 aromatic rings. The second kappa shape index (κ2) is 9.23. The lowest BCUT2D eigenvalue weighted by molar-refractivity contribution is 0.0924. The van der Waals surface area contributed by atoms with Crippen LogP contribution in [-0.4, -0.2) is 25.4 Å². The third-order valence-corrected chi connectivity index (χ3v) is 7.18. The molecular formula is C23H23N3O4S2. The molecule has 4 rings (SSSR count). The Morgan fingerprint density at radius 1 is 1.03 bits per heavy atom. The van der Waals surface area contributed by atoms with E-state index in [-0.39, 0.29) is 23.5 Å². The van der Waals surface area contributed by atoms with Gasteiger partial charge in [0.1, 0.15) is 0 Å². The van der Waals surface area contributed by atoms with E-state index in [2.05, 4.69) is 15.0 Å². The van der Waals surface area contributed by atoms with Gasteiger partial charge in [0.15, 0.2) is 16.5 Å². The highest BCUT2D eigenvalue weighted by Crippen LogP contribution is 2.31. The van der Waals surface area contributed by atoms with E-state index in [1.165, 1.54) is 11.3 Å². The van der Waals surface area contributed by atoms with Gasteiger partial charge in [-0.3, -0.25) is 4.79 Å². The molecule has 0 aliphatic heterocycles. The number of hydrogen-bond acceptors (Lipinski definition) is 6. The van der Waals surface area contributed by atoms with Gasteiger partial charge in [-0.1, -0.05) is 36.4 Å². The minimum atomic E-state index is -3.37. The zero-order chi connectivity index (χ0) is 22.7. The van der Waals surface area contributed by atoms with Crippen molar-refractivity contribution < 1.29 is 17.6 Å². The van der Waals surface area contributed by atoms with Crippen LogP contribution in [0.4, 0.5) is 0 Å². The van der Waals surface area contributed by atoms with Gasteiger partial charge in [0.05, 0.1) is 16.0 Å². The van der Waals surface area contributed by atoms with E-state index in [9.17, 15) is 13.2 Å². The minimum Gasteiger partial charge on any atom is -0.448 e. The molecule has 166 valence electrons. The van der Waals surface area contributed by atoms with Crippen LogP contribution in [-0.2, 0) is 22.3 Å². The molecule has 1 amide bonds. The number of fused-ring (bicyclic) bond motifs is 1. The summed E-state index contributed by atoms with van der Waals surface area (Å²) < 4.78 is 33.4. The number of rotatable bonds is 8. The molecular weight excluding hydrogens is 446 g/mol. The number of nitrogens with one attached hydrogen (secondary N) is 2. The number of sulfonamides is 1. The summed E-state index contributed by atoms with van der Waals surface area (Å²) in [4.78, 5) is 17.0. The highest BCUT2D eigenvalue weighted by molar-refractivity contribution is 7.88. The molecule has 0 radical (unpaired) electrons. The van der Waals surface area contributed by atoms with Crippen molar-refractivity contribution in [2.24, 2.45) is 0 Å². The Balaban J connectivity index is 1.36. The predicted octanol–water partition coefficient (Wildman–Crippen LogP) is 4.31. The van der Waals surface area contributed by atoms with Gasteiger partial charge < -0.3 is 9.73 Å². The highest BCUT2D eigenvalue weighted by Gasteiger charge is 2.15. The molecule has 0 saturated carbocycles. The van der Waals surface area contributed by atoms with Crippen LogP contribution >= 0.6 is 11.3 Å². The third-order valence-electron chi connectivity index (χ3n) is 4.58. The van der Waals surface area contributed by atoms with Crippen LogP contribution in [0.3, 0.4) is 0 Å². The monoisotopic (exact) mass is 469 g/mol. The summed E-state index contributed by atoms with van der Waals surface area (Å²) in [7, 11) is -3.37. The van der Waals surface area contributed by atoms with Crippen LogP contribution in [0.1, 0.15) is 35.5 Å². The second-order valence-corrected chi connectivity index (χ2v) is 10.5. The lowest BCUT2D eigenvalue weighted by atomic mass is 10.1. The van der Waals surface area contributed by atoms with Crippen molar-refractivity contribution in [1.29, 1.82) is 0 Å². The molecule has 32 heavy (non-hydrogen) atoms. The molecule has 0 aliphatic rings. The summed E-state index contributed by atoms with van der Waals surface area (Å²) in [6, 6.07) is 18.1. The van der Waals surface area contributed by atoms with Crippen LogP contribution in [0.25, 0.3) is 21.0 Å². The van der Waals surface area contributed by atoms with Crippen molar-refractivity contribution in [2.45, 2.75) is 32.2 Å². The SMILES string of the molecule is CC(C)NS(=O)(=O)Cc1ccc(CNC(=O)c2ccc(-c3nc4ccccc4s3)o2)cc1. The van der Waals surface area contributed by atoms with E-state index >= 15 is 0 Å². The van der Waals surface area contributed by atoms with Crippen LogP contribution in [0.2, 0.25) is 0 Å². The van der Waals surface area contributed by atoms with E-state index in [1.807, 2.05) is 24.3 Å². The number of thiazole rings is 1. The number of hydrogen-bond donors (Lipinski definition) is 2. The topological polar surface area (TPSA) is 101 Å². The Labute approximate surface area is 190 Å². The maximum absolute atomic E-state index is 12.5. The molecule has 0 bridgehead atoms. The summed E-state index contributed by atoms with van der Waals surface area (Å²) in [6.45, 7) is 3.86. The fourth-order valence-electron chi connectivity index (χ4n) is 3.20. The first-order chi connectivity index (χ1) is 15.3. The van der Waals surface area contributed by atoms with E-state index in [1.54, 1.807) is 50.2 Å². The first-order valence-electron chi connectivity index (χ1n) is 10.1. The smallest absolute Gasteiger partial charge is 0.287 e. The van der Waals surface area contributed by atoms with E-state index in [4.69, 9.17) is 4.42 Å². The number of carbonyl (C=O) groups is 1. The molecule has 2 aromatic heterocycles. The Morgan fingerprint density at radius 2 is 1.75 bits per heavy atom. The summed E-state index contributed by atoms with van der Waals surface area (Å²) in [5.41, 5.74) is 2.43. The Morgan fingerprint density at radius 3 is 2.47 bits per heavy atom. The maximum atomic E-state index is 12.5. The number of nitrogens with zero attached hydrogens (tertiary/aromatic N) is 1. The highest BCUT2D eigenvalue weighted by atomic mass is 32.2. The van der Waals surface area contributed by atoms with Crippen molar-refractivity contribution in [3.05, 3.63) is 77.6 Å². The quantitative estimate of drug-likeness (QED) is 0.400. The summed E-state index contributed by atoms with van der Waals surface area (Å²) >= 11 is 1.51. The molecule has 0 unspecified atom stereocenters. The van der Waals surface area contributed by atoms with Crippen LogP contribution < -0.4 is 10.0 Å². The molecule has 2 heterocycles. The second-order valence-electron chi connectivity index (χ2n) is 7.68. The molecule has 0 spiro atoms. The average Bonchev–Trinajstić information content (AvgIpc) is 3.39. The van der Waals surface area contributed by atoms with E-state index < -0.39 is 10.0 Å². The van der Waals surface area contributed by atoms with Gasteiger partial charge >= 0.3 is 0 Å². The number of benzene rings is 2. The van der Waals surface area contributed by atoms with Crippen LogP contribution in [0.5, 0.6) is 0 Å². The van der Waals surface area contributed by atoms with Gasteiger partial charge in [-0.2, -0.15) is 0 Å². The van der Waals surface area contributed by atoms with E-state index in [0.717, 1.165) is 20.8 Å². The largest absolute Gasteiger partial charge is 0.448 e. The Hall–Kier alpha value is -3.01. The van der Waals surface area contributed by atoms with Crippen molar-refractivity contribution >= 4 is 37.5 Å². The first kappa shape index (κ1) is 22.2. The number of amides is 1. The van der Waals surface area contributed by atoms with Crippen LogP contribution in [0.15, 0.2) is 65.1 Å². The van der Waals surface area contributed by atoms with E-state index in [0.29, 0.717) is 17.9 Å². The molecule has 7 nitrogen and oxygen atoms in total. The van der Waals surface area contributed by atoms with Crippen LogP contribution in [0, 0.1) is 0 Å². The molecule has 9 heteroatoms. The van der Waals surface area contributed by atoms with Gasteiger partial charge in [-0.25, -0.2) is 18.1 Å². The predicted molar refractivity (Wildman–Crippen MR) is 126 cm³/mol. The maximum Gasteiger partial charge on any atom is 0.287 e. The molecule has 0 saturated heterocycles. The van der Waals surface area contributed by atoms with Gasteiger partial charge in [0.25, 0.3) is 5.91 Å². The van der Waals surface area contributed by atoms with Crippen molar-refractivity contribution in [3.63, 3.8) is 0 Å². The van der Waals surface area contributed by atoms with Crippen molar-refractivity contribution in [1.82, 2.24) is 15.0 Å². The first-order valence-corrected chi connectivity index (χ1v) is 12.6. The molecule has 0 atom stereocenters. The fourth-order valence-corrected chi connectivity index (χ4v) is 5.56. The number of para-hydroxylation sites is 1. The summed E-state index contributed by atoms with van der Waals surface area (Å²) in [5, 5.41) is 3.54. The number of aromatic nitrogens is 1. The molecule has 2 N–H and O–H groups in total. The molecule has 0 aliphatic carbocycles. The van der Waals surface area contributed by atoms with Gasteiger partial charge in [0, 0.05) is 12.6 Å². The fraction of sp³-hybridized carbons (Fsp3) is 0.217. The zero-order valence-corrected chi connectivity index (χ0v) is 19.3. The molecule has 0 fully saturated rings. The number of carbonyl (C=O) groups excluding carboxylic acids is 1. The normalized spacial score (nSPS) is 11.8. The standard InChI is InChI=1S/C23H23N3O4S2/c1-15(2)26-32(28,29)14-17-9-7-16(8-10-17)13-24-22(27)19-11-12-20(30-19)23-25-18-5-3-4-6-21(18)31-23/h3-12,15,26H,13-14H2,1-2H3,(H,24,27). The van der Waals surface area contributed by atoms with Crippen molar-refractivity contribution in [2.75, 3.05) is 0 Å². The van der Waals surface area contributed by atoms with Gasteiger partial charge in [0.2, 0.25) is 10.0 Å². The zero-order valence-electron chi connectivity index (χ0n) is 17.7. The third kappa shape index (κ3) is 5.42. The van der Waals surface area contributed by atoms with Gasteiger partial charge in [-0.15, -0.1) is 11.3 Å². The number of furan rings is 1. The lowest BCUT2D eigenvalue weighted by Gasteiger charge is -2.10.